The van der Waals surface area contributed by atoms with Crippen molar-refractivity contribution >= 4 is 37.5 Å². The molecule has 1 amide bonds. The van der Waals surface area contributed by atoms with E-state index < -0.39 is 26.3 Å². The van der Waals surface area contributed by atoms with Gasteiger partial charge in [0.25, 0.3) is 0 Å². The average Bonchev–Trinajstić information content (AvgIpc) is 3.01. The Kier molecular flexibility index (Phi) is 8.10. The van der Waals surface area contributed by atoms with Crippen LogP contribution in [0.15, 0.2) is 82.2 Å². The van der Waals surface area contributed by atoms with Gasteiger partial charge in [0.15, 0.2) is 9.84 Å². The molecule has 1 saturated carbocycles. The first-order valence-electron chi connectivity index (χ1n) is 14.5. The van der Waals surface area contributed by atoms with Crippen molar-refractivity contribution in [3.63, 3.8) is 0 Å². The maximum Gasteiger partial charge on any atom is 0.416 e. The van der Waals surface area contributed by atoms with Crippen molar-refractivity contribution in [2.24, 2.45) is 0 Å². The van der Waals surface area contributed by atoms with Crippen LogP contribution in [0.4, 0.5) is 23.7 Å². The van der Waals surface area contributed by atoms with E-state index in [9.17, 15) is 26.4 Å². The number of amides is 1. The molecule has 2 heterocycles. The van der Waals surface area contributed by atoms with Crippen LogP contribution in [0.1, 0.15) is 55.2 Å². The lowest BCUT2D eigenvalue weighted by Gasteiger charge is -2.46. The third-order valence-corrected chi connectivity index (χ3v) is 12.4. The number of carbonyl (C=O) groups excluding carboxylic acids is 1. The summed E-state index contributed by atoms with van der Waals surface area (Å²) in [4.78, 5) is 16.8. The first-order chi connectivity index (χ1) is 20.5. The molecule has 1 saturated heterocycles. The Morgan fingerprint density at radius 3 is 2.09 bits per heavy atom. The zero-order valence-electron chi connectivity index (χ0n) is 23.4. The number of nitrogens with zero attached hydrogens (tertiary/aromatic N) is 2. The van der Waals surface area contributed by atoms with Crippen molar-refractivity contribution in [2.45, 2.75) is 73.0 Å². The molecule has 0 unspecified atom stereocenters. The number of rotatable bonds is 5. The maximum atomic E-state index is 14.2. The highest BCUT2D eigenvalue weighted by Crippen LogP contribution is 2.48. The normalized spacial score (nSPS) is 24.0. The number of ether oxygens (including phenoxy) is 1. The monoisotopic (exact) mass is 676 g/mol. The number of alkyl halides is 3. The molecule has 0 bridgehead atoms. The van der Waals surface area contributed by atoms with E-state index in [2.05, 4.69) is 20.8 Å². The molecule has 0 radical (unpaired) electrons. The highest BCUT2D eigenvalue weighted by molar-refractivity contribution is 9.10. The molecular formula is C32H32BrF3N2O4S. The molecule has 3 aromatic rings. The van der Waals surface area contributed by atoms with Gasteiger partial charge in [0.05, 0.1) is 16.1 Å². The number of cyclic esters (lactones) is 1. The summed E-state index contributed by atoms with van der Waals surface area (Å²) in [5.74, 6) is 0. The Morgan fingerprint density at radius 2 is 1.47 bits per heavy atom. The van der Waals surface area contributed by atoms with Crippen molar-refractivity contribution in [1.29, 1.82) is 0 Å². The van der Waals surface area contributed by atoms with Gasteiger partial charge in [-0.05, 0) is 86.6 Å². The van der Waals surface area contributed by atoms with Crippen LogP contribution in [-0.4, -0.2) is 44.6 Å². The number of benzene rings is 3. The summed E-state index contributed by atoms with van der Waals surface area (Å²) < 4.78 is 73.1. The number of halogens is 4. The molecule has 43 heavy (non-hydrogen) atoms. The van der Waals surface area contributed by atoms with Crippen molar-refractivity contribution < 1.29 is 31.1 Å². The highest BCUT2D eigenvalue weighted by Gasteiger charge is 2.49. The van der Waals surface area contributed by atoms with Gasteiger partial charge in [-0.2, -0.15) is 13.2 Å². The molecular weight excluding hydrogens is 645 g/mol. The maximum absolute atomic E-state index is 14.2. The quantitative estimate of drug-likeness (QED) is 0.277. The summed E-state index contributed by atoms with van der Waals surface area (Å²) >= 11 is 3.42. The molecule has 2 fully saturated rings. The van der Waals surface area contributed by atoms with Gasteiger partial charge in [-0.1, -0.05) is 46.3 Å². The van der Waals surface area contributed by atoms with E-state index >= 15 is 0 Å². The van der Waals surface area contributed by atoms with Gasteiger partial charge < -0.3 is 9.64 Å². The van der Waals surface area contributed by atoms with Crippen LogP contribution in [0.2, 0.25) is 0 Å². The summed E-state index contributed by atoms with van der Waals surface area (Å²) in [6.45, 7) is 1.83. The first-order valence-corrected chi connectivity index (χ1v) is 16.7. The van der Waals surface area contributed by atoms with Crippen LogP contribution < -0.4 is 4.90 Å². The molecule has 0 atom stereocenters. The third kappa shape index (κ3) is 5.60. The molecule has 0 spiro atoms. The van der Waals surface area contributed by atoms with Crippen LogP contribution >= 0.6 is 15.9 Å². The smallest absolute Gasteiger partial charge is 0.416 e. The van der Waals surface area contributed by atoms with Crippen LogP contribution in [0.3, 0.4) is 0 Å². The minimum Gasteiger partial charge on any atom is -0.444 e. The Bertz CT molecular complexity index is 1580. The number of sulfone groups is 1. The van der Waals surface area contributed by atoms with E-state index in [1.165, 1.54) is 0 Å². The topological polar surface area (TPSA) is 66.9 Å². The molecule has 1 aliphatic carbocycles. The van der Waals surface area contributed by atoms with Gasteiger partial charge in [0.2, 0.25) is 0 Å². The number of fused-ring (bicyclic) bond motifs is 1. The Balaban J connectivity index is 1.19. The molecule has 0 aromatic heterocycles. The molecule has 0 N–H and O–H groups in total. The predicted octanol–water partition coefficient (Wildman–Crippen LogP) is 7.70. The minimum absolute atomic E-state index is 0.0238. The van der Waals surface area contributed by atoms with Crippen molar-refractivity contribution in [2.75, 3.05) is 18.0 Å². The second kappa shape index (κ2) is 11.6. The van der Waals surface area contributed by atoms with Crippen LogP contribution in [0, 0.1) is 0 Å². The summed E-state index contributed by atoms with van der Waals surface area (Å²) in [5, 5.41) is 0. The summed E-state index contributed by atoms with van der Waals surface area (Å²) in [6.07, 6.45) is -1.33. The molecule has 228 valence electrons. The molecule has 11 heteroatoms. The highest BCUT2D eigenvalue weighted by atomic mass is 79.9. The van der Waals surface area contributed by atoms with Crippen molar-refractivity contribution in [3.8, 4) is 0 Å². The number of likely N-dealkylation sites (tertiary alicyclic amines) is 1. The van der Waals surface area contributed by atoms with E-state index in [4.69, 9.17) is 4.74 Å². The van der Waals surface area contributed by atoms with Crippen LogP contribution in [0.25, 0.3) is 0 Å². The summed E-state index contributed by atoms with van der Waals surface area (Å²) in [6, 6.07) is 19.1. The lowest BCUT2D eigenvalue weighted by Crippen LogP contribution is -2.53. The van der Waals surface area contributed by atoms with E-state index in [0.29, 0.717) is 31.2 Å². The van der Waals surface area contributed by atoms with Gasteiger partial charge in [0.1, 0.15) is 11.4 Å². The van der Waals surface area contributed by atoms with E-state index in [-0.39, 0.29) is 29.7 Å². The fourth-order valence-corrected chi connectivity index (χ4v) is 9.41. The number of hydrogen-bond donors (Lipinski definition) is 0. The Labute approximate surface area is 257 Å². The standard InChI is InChI=1S/C32H32BrF3N2O4S/c33-25-9-5-23(6-10-25)31(43(40,41)28-11-7-24(8-12-28)32(34,35)36)17-13-26(14-18-31)37-19-15-27(16-20-37)38-29-4-2-1-3-22(29)21-42-30(38)39/h1-12,26-27H,13-21H2. The van der Waals surface area contributed by atoms with Crippen molar-refractivity contribution in [1.82, 2.24) is 4.90 Å². The SMILES string of the molecule is O=C1OCc2ccccc2N1C1CCN(C2CCC(c3ccc(Br)cc3)(S(=O)(=O)c3ccc(C(F)(F)F)cc3)CC2)CC1. The largest absolute Gasteiger partial charge is 0.444 e. The molecule has 6 rings (SSSR count). The number of hydrogen-bond acceptors (Lipinski definition) is 5. The van der Waals surface area contributed by atoms with Gasteiger partial charge >= 0.3 is 12.3 Å². The zero-order chi connectivity index (χ0) is 30.4. The minimum atomic E-state index is -4.55. The van der Waals surface area contributed by atoms with Gasteiger partial charge in [-0.25, -0.2) is 13.2 Å². The Morgan fingerprint density at radius 1 is 0.837 bits per heavy atom. The molecule has 6 nitrogen and oxygen atoms in total. The number of anilines is 1. The number of para-hydroxylation sites is 1. The molecule has 3 aliphatic rings. The number of carbonyl (C=O) groups is 1. The van der Waals surface area contributed by atoms with E-state index in [1.807, 2.05) is 24.3 Å². The molecule has 3 aromatic carbocycles. The van der Waals surface area contributed by atoms with Gasteiger partial charge in [-0.3, -0.25) is 4.90 Å². The predicted molar refractivity (Wildman–Crippen MR) is 160 cm³/mol. The third-order valence-electron chi connectivity index (χ3n) is 9.32. The molecule has 2 aliphatic heterocycles. The average molecular weight is 678 g/mol. The van der Waals surface area contributed by atoms with Gasteiger partial charge in [0, 0.05) is 35.2 Å². The summed E-state index contributed by atoms with van der Waals surface area (Å²) in [7, 11) is -4.02. The lowest BCUT2D eigenvalue weighted by molar-refractivity contribution is -0.137. The number of piperidine rings is 1. The Hall–Kier alpha value is -2.89. The van der Waals surface area contributed by atoms with E-state index in [0.717, 1.165) is 65.9 Å². The fourth-order valence-electron chi connectivity index (χ4n) is 6.98. The summed E-state index contributed by atoms with van der Waals surface area (Å²) in [5.41, 5.74) is 1.67. The van der Waals surface area contributed by atoms with Crippen LogP contribution in [0.5, 0.6) is 0 Å². The second-order valence-electron chi connectivity index (χ2n) is 11.6. The van der Waals surface area contributed by atoms with Crippen LogP contribution in [-0.2, 0) is 32.1 Å². The van der Waals surface area contributed by atoms with E-state index in [1.54, 1.807) is 29.2 Å². The second-order valence-corrected chi connectivity index (χ2v) is 14.8. The van der Waals surface area contributed by atoms with Gasteiger partial charge in [-0.15, -0.1) is 0 Å². The van der Waals surface area contributed by atoms with Crippen molar-refractivity contribution in [3.05, 3.63) is 94.0 Å². The fraction of sp³-hybridized carbons (Fsp3) is 0.406. The zero-order valence-corrected chi connectivity index (χ0v) is 25.8. The lowest BCUT2D eigenvalue weighted by atomic mass is 9.79. The first kappa shape index (κ1) is 30.1.